The van der Waals surface area contributed by atoms with E-state index in [1.165, 1.54) is 185 Å². The Morgan fingerprint density at radius 1 is 0.129 bits per heavy atom. The van der Waals surface area contributed by atoms with Crippen LogP contribution < -0.4 is 44.1 Å². The van der Waals surface area contributed by atoms with Gasteiger partial charge in [0.1, 0.15) is 0 Å². The van der Waals surface area contributed by atoms with Crippen molar-refractivity contribution in [2.75, 3.05) is 127 Å². The molecule has 0 aliphatic rings. The van der Waals surface area contributed by atoms with Crippen molar-refractivity contribution in [2.45, 2.75) is 67.0 Å². The summed E-state index contributed by atoms with van der Waals surface area (Å²) >= 11 is 0. The van der Waals surface area contributed by atoms with Gasteiger partial charge < -0.3 is 44.1 Å². The largest absolute Gasteiger partial charge is 0.378 e. The highest BCUT2D eigenvalue weighted by Gasteiger charge is 2.20. The molecule has 0 aliphatic carbocycles. The third-order valence-electron chi connectivity index (χ3n) is 26.4. The van der Waals surface area contributed by atoms with E-state index in [9.17, 15) is 0 Å². The van der Waals surface area contributed by atoms with Crippen molar-refractivity contribution in [3.63, 3.8) is 0 Å². The summed E-state index contributed by atoms with van der Waals surface area (Å²) in [6, 6.07) is 166. The number of anilines is 9. The van der Waals surface area contributed by atoms with Gasteiger partial charge in [0.05, 0.1) is 0 Å². The Balaban J connectivity index is 0.000000167. The number of rotatable bonds is 34. The highest BCUT2D eigenvalue weighted by molar-refractivity contribution is 5.87. The first-order valence-electron chi connectivity index (χ1n) is 49.0. The van der Waals surface area contributed by atoms with E-state index in [1.54, 1.807) is 0 Å². The third-order valence-corrected chi connectivity index (χ3v) is 26.4. The van der Waals surface area contributed by atoms with Crippen LogP contribution in [-0.2, 0) is 39.3 Å². The van der Waals surface area contributed by atoms with Crippen LogP contribution in [0.25, 0.3) is 100 Å². The van der Waals surface area contributed by atoms with E-state index < -0.39 is 0 Å². The van der Waals surface area contributed by atoms with Gasteiger partial charge in [-0.1, -0.05) is 291 Å². The zero-order valence-corrected chi connectivity index (χ0v) is 82.9. The van der Waals surface area contributed by atoms with Crippen LogP contribution >= 0.6 is 0 Å². The maximum absolute atomic E-state index is 2.49. The smallest absolute Gasteiger partial charge is 0.0433 e. The molecule has 18 aromatic carbocycles. The lowest BCUT2D eigenvalue weighted by Gasteiger charge is -2.27. The molecule has 0 bridgehead atoms. The molecule has 0 aromatic heterocycles. The molecular formula is C130H131N9. The fourth-order valence-corrected chi connectivity index (χ4v) is 18.1. The summed E-state index contributed by atoms with van der Waals surface area (Å²) in [4.78, 5) is 20.8. The van der Waals surface area contributed by atoms with E-state index in [-0.39, 0.29) is 0 Å². The maximum atomic E-state index is 2.49. The molecule has 0 spiro atoms. The maximum Gasteiger partial charge on any atom is 0.0433 e. The van der Waals surface area contributed by atoms with Gasteiger partial charge in [-0.2, -0.15) is 0 Å². The monoisotopic (exact) mass is 1820 g/mol. The number of nitrogens with zero attached hydrogens (tertiary/aromatic N) is 9. The molecule has 9 nitrogen and oxygen atoms in total. The first kappa shape index (κ1) is 96.3. The molecule has 18 rings (SSSR count). The quantitative estimate of drug-likeness (QED) is 0.0391. The predicted octanol–water partition coefficient (Wildman–Crippen LogP) is 31.6. The van der Waals surface area contributed by atoms with Crippen LogP contribution in [0.15, 0.2) is 455 Å². The fraction of sp³-hybridized carbons (Fsp3) is 0.169. The summed E-state index contributed by atoms with van der Waals surface area (Å²) in [6.07, 6.45) is 0. The lowest BCUT2D eigenvalue weighted by atomic mass is 9.92. The van der Waals surface area contributed by atoms with Crippen LogP contribution in [0, 0.1) is 0 Å². The Kier molecular flexibility index (Phi) is 32.6. The molecule has 18 aromatic rings. The summed E-state index contributed by atoms with van der Waals surface area (Å²) in [6.45, 7) is 17.6. The molecule has 139 heavy (non-hydrogen) atoms. The molecule has 0 radical (unpaired) electrons. The van der Waals surface area contributed by atoms with Gasteiger partial charge in [-0.05, 0) is 325 Å². The molecule has 0 atom stereocenters. The molecule has 0 fully saturated rings. The fourth-order valence-electron chi connectivity index (χ4n) is 18.1. The third kappa shape index (κ3) is 25.7. The lowest BCUT2D eigenvalue weighted by Crippen LogP contribution is -2.22. The number of hydrogen-bond acceptors (Lipinski definition) is 9. The minimum Gasteiger partial charge on any atom is -0.378 e. The number of hydrogen-bond donors (Lipinski definition) is 0. The Morgan fingerprint density at radius 3 is 0.489 bits per heavy atom. The van der Waals surface area contributed by atoms with Crippen molar-refractivity contribution in [3.8, 4) is 100 Å². The second kappa shape index (κ2) is 47.1. The van der Waals surface area contributed by atoms with E-state index in [2.05, 4.69) is 583 Å². The highest BCUT2D eigenvalue weighted by Crippen LogP contribution is 2.42. The molecule has 0 saturated carbocycles. The van der Waals surface area contributed by atoms with Crippen LogP contribution in [0.1, 0.15) is 61.1 Å². The Bertz CT molecular complexity index is 6150. The van der Waals surface area contributed by atoms with E-state index in [4.69, 9.17) is 0 Å². The molecule has 0 N–H and O–H groups in total. The average Bonchev–Trinajstić information content (AvgIpc) is 0.805. The SMILES string of the molecule is CCN(C)c1ccc(-c2cc(-c3ccc(N(C)CC)cc3)cc(-c3ccc(N(CC)CC)cc3)c2)cc1.CN(C)c1ccc(-c2cc(-c3ccc(N(C)C)cc3)cc(-c3ccc(N(C)C)cc3)c2)cc1.c1ccc(CN(Cc2ccccc2)c2cccc(-c3cc(-c4cccc(N(Cc5ccccc5)Cc5ccccc5)c4)cc(-c4cccc(N(Cc5ccccc5)Cc5ccccc5)c4)c3)c2)cc1. The summed E-state index contributed by atoms with van der Waals surface area (Å²) < 4.78 is 0. The van der Waals surface area contributed by atoms with Crippen molar-refractivity contribution >= 4 is 51.2 Å². The molecule has 0 amide bonds. The second-order valence-electron chi connectivity index (χ2n) is 36.7. The molecule has 9 heteroatoms. The molecule has 0 unspecified atom stereocenters. The topological polar surface area (TPSA) is 29.2 Å². The van der Waals surface area contributed by atoms with Gasteiger partial charge in [-0.15, -0.1) is 0 Å². The van der Waals surface area contributed by atoms with Gasteiger partial charge in [0.25, 0.3) is 0 Å². The van der Waals surface area contributed by atoms with Gasteiger partial charge in [0, 0.05) is 173 Å². The van der Waals surface area contributed by atoms with Crippen molar-refractivity contribution in [1.82, 2.24) is 0 Å². The van der Waals surface area contributed by atoms with Gasteiger partial charge in [-0.3, -0.25) is 0 Å². The summed E-state index contributed by atoms with van der Waals surface area (Å²) in [5.74, 6) is 0. The zero-order chi connectivity index (χ0) is 96.4. The van der Waals surface area contributed by atoms with Gasteiger partial charge in [0.2, 0.25) is 0 Å². The van der Waals surface area contributed by atoms with Crippen molar-refractivity contribution in [2.24, 2.45) is 0 Å². The van der Waals surface area contributed by atoms with Crippen molar-refractivity contribution in [3.05, 3.63) is 488 Å². The van der Waals surface area contributed by atoms with Crippen molar-refractivity contribution in [1.29, 1.82) is 0 Å². The normalized spacial score (nSPS) is 10.9. The summed E-state index contributed by atoms with van der Waals surface area (Å²) in [7, 11) is 16.7. The average molecular weight is 1820 g/mol. The minimum absolute atomic E-state index is 0.801. The molecule has 0 heterocycles. The Morgan fingerprint density at radius 2 is 0.309 bits per heavy atom. The van der Waals surface area contributed by atoms with E-state index in [0.29, 0.717) is 0 Å². The first-order chi connectivity index (χ1) is 67.9. The van der Waals surface area contributed by atoms with Crippen LogP contribution in [0.5, 0.6) is 0 Å². The minimum atomic E-state index is 0.801. The van der Waals surface area contributed by atoms with Gasteiger partial charge >= 0.3 is 0 Å². The predicted molar refractivity (Wildman–Crippen MR) is 601 cm³/mol. The summed E-state index contributed by atoms with van der Waals surface area (Å²) in [5, 5.41) is 0. The Labute approximate surface area is 827 Å². The molecule has 0 aliphatic heterocycles. The van der Waals surface area contributed by atoms with E-state index in [1.807, 2.05) is 0 Å². The highest BCUT2D eigenvalue weighted by atomic mass is 15.1. The second-order valence-corrected chi connectivity index (χ2v) is 36.7. The van der Waals surface area contributed by atoms with Gasteiger partial charge in [0.15, 0.2) is 0 Å². The van der Waals surface area contributed by atoms with Gasteiger partial charge in [-0.25, -0.2) is 0 Å². The molecule has 0 saturated heterocycles. The Hall–Kier alpha value is -15.8. The zero-order valence-electron chi connectivity index (χ0n) is 82.9. The standard InChI is InChI=1S/C66H57N3.C34H41N3.C30H33N3/c1-7-22-52(23-8-1)46-67(47-53-24-9-2-10-25-53)64-37-19-34-58(43-64)61-40-62(59-35-20-38-65(44-59)68(48-54-26-11-3-12-27-54)49-55-28-13-4-14-29-55)42-63(41-61)60-36-21-39-66(45-60)69(50-56-30-15-5-16-31-56)51-57-32-17-6-18-33-57;1-7-35(5)32-17-11-26(12-18-32)29-23-30(27-13-19-33(20-14-27)36(6)8-2)25-31(24-29)28-15-21-34(22-16-28)37(9-3)10-4;1-31(2)28-13-7-22(8-14-28)25-19-26(23-9-15-29(16-10-23)32(3)4)21-27(20-25)24-11-17-30(18-12-24)33(5)6/h1-45H,46-51H2;11-25H,7-10H2,1-6H3;7-21H,1-6H3. The van der Waals surface area contributed by atoms with Crippen molar-refractivity contribution < 1.29 is 0 Å². The summed E-state index contributed by atoms with van der Waals surface area (Å²) in [5.41, 5.74) is 40.4. The lowest BCUT2D eigenvalue weighted by molar-refractivity contribution is 0.800. The van der Waals surface area contributed by atoms with Crippen LogP contribution in [0.2, 0.25) is 0 Å². The molecule has 696 valence electrons. The first-order valence-corrected chi connectivity index (χ1v) is 49.0. The van der Waals surface area contributed by atoms with E-state index >= 15 is 0 Å². The van der Waals surface area contributed by atoms with Crippen LogP contribution in [0.4, 0.5) is 51.2 Å². The van der Waals surface area contributed by atoms with E-state index in [0.717, 1.165) is 65.4 Å². The van der Waals surface area contributed by atoms with Crippen LogP contribution in [-0.4, -0.2) is 82.6 Å². The number of benzene rings is 18. The molecular weight excluding hydrogens is 1690 g/mol. The van der Waals surface area contributed by atoms with Crippen LogP contribution in [0.3, 0.4) is 0 Å².